The number of fused-ring (bicyclic) bond motifs is 1. The highest BCUT2D eigenvalue weighted by molar-refractivity contribution is 7.92. The van der Waals surface area contributed by atoms with Gasteiger partial charge in [-0.3, -0.25) is 9.10 Å². The molecule has 6 nitrogen and oxygen atoms in total. The van der Waals surface area contributed by atoms with Crippen molar-refractivity contribution in [1.82, 2.24) is 4.90 Å². The Bertz CT molecular complexity index is 1260. The van der Waals surface area contributed by atoms with Crippen LogP contribution in [0.3, 0.4) is 0 Å². The van der Waals surface area contributed by atoms with E-state index in [0.29, 0.717) is 30.9 Å². The van der Waals surface area contributed by atoms with Gasteiger partial charge in [0.15, 0.2) is 0 Å². The zero-order chi connectivity index (χ0) is 23.4. The average Bonchev–Trinajstić information content (AvgIpc) is 2.83. The highest BCUT2D eigenvalue weighted by atomic mass is 32.2. The summed E-state index contributed by atoms with van der Waals surface area (Å²) in [5, 5.41) is 0. The van der Waals surface area contributed by atoms with Crippen molar-refractivity contribution in [2.75, 3.05) is 31.0 Å². The molecule has 4 rings (SSSR count). The monoisotopic (exact) mass is 464 g/mol. The highest BCUT2D eigenvalue weighted by Crippen LogP contribution is 2.32. The van der Waals surface area contributed by atoms with Gasteiger partial charge in [0.2, 0.25) is 0 Å². The lowest BCUT2D eigenvalue weighted by Gasteiger charge is -2.30. The minimum absolute atomic E-state index is 0.120. The van der Waals surface area contributed by atoms with Gasteiger partial charge < -0.3 is 9.64 Å². The number of nitrogens with zero attached hydrogens (tertiary/aromatic N) is 2. The molecule has 1 amide bonds. The van der Waals surface area contributed by atoms with E-state index in [4.69, 9.17) is 4.74 Å². The molecule has 0 spiro atoms. The lowest BCUT2D eigenvalue weighted by atomic mass is 10.0. The Kier molecular flexibility index (Phi) is 6.70. The fourth-order valence-electron chi connectivity index (χ4n) is 3.99. The Labute approximate surface area is 195 Å². The lowest BCUT2D eigenvalue weighted by molar-refractivity contribution is 0.0773. The maximum Gasteiger partial charge on any atom is 0.264 e. The number of para-hydroxylation sites is 1. The molecular formula is C26H28N2O4S. The van der Waals surface area contributed by atoms with Crippen LogP contribution < -0.4 is 9.04 Å². The number of aryl methyl sites for hydroxylation is 2. The third kappa shape index (κ3) is 5.03. The van der Waals surface area contributed by atoms with Gasteiger partial charge >= 0.3 is 0 Å². The van der Waals surface area contributed by atoms with Crippen molar-refractivity contribution in [2.24, 2.45) is 0 Å². The van der Waals surface area contributed by atoms with E-state index in [0.717, 1.165) is 29.7 Å². The molecule has 1 aliphatic heterocycles. The molecule has 0 radical (unpaired) electrons. The quantitative estimate of drug-likeness (QED) is 0.523. The van der Waals surface area contributed by atoms with Crippen LogP contribution in [-0.2, 0) is 16.4 Å². The van der Waals surface area contributed by atoms with Crippen LogP contribution >= 0.6 is 0 Å². The van der Waals surface area contributed by atoms with Crippen LogP contribution in [0, 0.1) is 6.92 Å². The number of carbonyl (C=O) groups excluding carboxylic acids is 1. The smallest absolute Gasteiger partial charge is 0.264 e. The number of rotatable bonds is 7. The van der Waals surface area contributed by atoms with Crippen molar-refractivity contribution < 1.29 is 17.9 Å². The number of ether oxygens (including phenoxy) is 1. The molecule has 1 heterocycles. The number of amides is 1. The number of hydrogen-bond acceptors (Lipinski definition) is 4. The van der Waals surface area contributed by atoms with E-state index in [1.54, 1.807) is 25.2 Å². The second-order valence-corrected chi connectivity index (χ2v) is 10.1. The summed E-state index contributed by atoms with van der Waals surface area (Å²) in [6.07, 6.45) is 1.62. The molecule has 0 saturated heterocycles. The van der Waals surface area contributed by atoms with Crippen LogP contribution in [-0.4, -0.2) is 46.0 Å². The lowest BCUT2D eigenvalue weighted by Crippen LogP contribution is -2.35. The first-order valence-corrected chi connectivity index (χ1v) is 12.5. The van der Waals surface area contributed by atoms with Gasteiger partial charge in [-0.25, -0.2) is 8.42 Å². The molecule has 172 valence electrons. The average molecular weight is 465 g/mol. The molecule has 7 heteroatoms. The first-order chi connectivity index (χ1) is 15.9. The number of benzene rings is 3. The summed E-state index contributed by atoms with van der Waals surface area (Å²) >= 11 is 0. The van der Waals surface area contributed by atoms with E-state index in [9.17, 15) is 13.2 Å². The highest BCUT2D eigenvalue weighted by Gasteiger charge is 2.29. The summed E-state index contributed by atoms with van der Waals surface area (Å²) in [6, 6.07) is 21.6. The van der Waals surface area contributed by atoms with Crippen molar-refractivity contribution in [3.05, 3.63) is 89.5 Å². The predicted octanol–water partition coefficient (Wildman–Crippen LogP) is 4.29. The standard InChI is InChI=1S/C26H28N2O4S/c1-20-8-5-12-23(18-20)32-17-16-27(2)26(29)22-10-6-13-24(19-22)33(30,31)28-15-7-11-21-9-3-4-14-25(21)28/h3-6,8-10,12-14,18-19H,7,11,15-17H2,1-2H3. The Hall–Kier alpha value is -3.32. The minimum Gasteiger partial charge on any atom is -0.492 e. The van der Waals surface area contributed by atoms with Crippen LogP contribution in [0.25, 0.3) is 0 Å². The molecule has 33 heavy (non-hydrogen) atoms. The number of likely N-dealkylation sites (N-methyl/N-ethyl adjacent to an activating group) is 1. The van der Waals surface area contributed by atoms with Gasteiger partial charge in [0.1, 0.15) is 12.4 Å². The molecule has 0 N–H and O–H groups in total. The SMILES string of the molecule is Cc1cccc(OCCN(C)C(=O)c2cccc(S(=O)(=O)N3CCCc4ccccc43)c2)c1. The zero-order valence-electron chi connectivity index (χ0n) is 18.9. The van der Waals surface area contributed by atoms with Crippen molar-refractivity contribution in [3.63, 3.8) is 0 Å². The maximum absolute atomic E-state index is 13.4. The summed E-state index contributed by atoms with van der Waals surface area (Å²) in [5.74, 6) is 0.504. The van der Waals surface area contributed by atoms with Crippen LogP contribution in [0.4, 0.5) is 5.69 Å². The van der Waals surface area contributed by atoms with Gasteiger partial charge in [0.25, 0.3) is 15.9 Å². The van der Waals surface area contributed by atoms with Crippen molar-refractivity contribution in [1.29, 1.82) is 0 Å². The summed E-state index contributed by atoms with van der Waals surface area (Å²) in [5.41, 5.74) is 3.17. The van der Waals surface area contributed by atoms with Gasteiger partial charge in [-0.2, -0.15) is 0 Å². The van der Waals surface area contributed by atoms with E-state index in [-0.39, 0.29) is 10.8 Å². The number of carbonyl (C=O) groups is 1. The second-order valence-electron chi connectivity index (χ2n) is 8.23. The first kappa shape index (κ1) is 22.9. The van der Waals surface area contributed by atoms with Gasteiger partial charge in [-0.1, -0.05) is 36.4 Å². The Morgan fingerprint density at radius 3 is 2.64 bits per heavy atom. The van der Waals surface area contributed by atoms with Gasteiger partial charge in [0.05, 0.1) is 17.1 Å². The molecule has 0 unspecified atom stereocenters. The molecule has 0 fully saturated rings. The minimum atomic E-state index is -3.78. The van der Waals surface area contributed by atoms with E-state index in [1.165, 1.54) is 15.3 Å². The third-order valence-electron chi connectivity index (χ3n) is 5.77. The van der Waals surface area contributed by atoms with Crippen molar-refractivity contribution in [3.8, 4) is 5.75 Å². The van der Waals surface area contributed by atoms with E-state index in [2.05, 4.69) is 0 Å². The fourth-order valence-corrected chi connectivity index (χ4v) is 5.58. The Morgan fingerprint density at radius 1 is 1.03 bits per heavy atom. The molecule has 0 bridgehead atoms. The molecule has 0 atom stereocenters. The van der Waals surface area contributed by atoms with E-state index < -0.39 is 10.0 Å². The Morgan fingerprint density at radius 2 is 1.82 bits per heavy atom. The van der Waals surface area contributed by atoms with Crippen LogP contribution in [0.1, 0.15) is 27.9 Å². The molecule has 1 aliphatic rings. The summed E-state index contributed by atoms with van der Waals surface area (Å²) in [7, 11) is -2.09. The molecule has 0 aliphatic carbocycles. The number of anilines is 1. The van der Waals surface area contributed by atoms with E-state index in [1.807, 2.05) is 55.5 Å². The Balaban J connectivity index is 1.47. The van der Waals surface area contributed by atoms with Crippen LogP contribution in [0.15, 0.2) is 77.7 Å². The van der Waals surface area contributed by atoms with Crippen LogP contribution in [0.5, 0.6) is 5.75 Å². The third-order valence-corrected chi connectivity index (χ3v) is 7.58. The normalized spacial score (nSPS) is 13.3. The maximum atomic E-state index is 13.4. The zero-order valence-corrected chi connectivity index (χ0v) is 19.7. The van der Waals surface area contributed by atoms with Gasteiger partial charge in [-0.15, -0.1) is 0 Å². The molecule has 0 saturated carbocycles. The summed E-state index contributed by atoms with van der Waals surface area (Å²) < 4.78 is 34.1. The molecular weight excluding hydrogens is 436 g/mol. The fraction of sp³-hybridized carbons (Fsp3) is 0.269. The second kappa shape index (κ2) is 9.67. The predicted molar refractivity (Wildman–Crippen MR) is 129 cm³/mol. The number of hydrogen-bond donors (Lipinski definition) is 0. The largest absolute Gasteiger partial charge is 0.492 e. The first-order valence-electron chi connectivity index (χ1n) is 11.0. The number of sulfonamides is 1. The molecule has 3 aromatic carbocycles. The molecule has 3 aromatic rings. The van der Waals surface area contributed by atoms with Gasteiger partial charge in [0, 0.05) is 19.2 Å². The van der Waals surface area contributed by atoms with Crippen molar-refractivity contribution in [2.45, 2.75) is 24.7 Å². The summed E-state index contributed by atoms with van der Waals surface area (Å²) in [6.45, 7) is 3.14. The van der Waals surface area contributed by atoms with Crippen molar-refractivity contribution >= 4 is 21.6 Å². The van der Waals surface area contributed by atoms with Gasteiger partial charge in [-0.05, 0) is 67.3 Å². The van der Waals surface area contributed by atoms with E-state index >= 15 is 0 Å². The molecule has 0 aromatic heterocycles. The summed E-state index contributed by atoms with van der Waals surface area (Å²) in [4.78, 5) is 14.6. The van der Waals surface area contributed by atoms with Crippen LogP contribution in [0.2, 0.25) is 0 Å². The topological polar surface area (TPSA) is 66.9 Å².